The van der Waals surface area contributed by atoms with Crippen molar-refractivity contribution in [2.45, 2.75) is 37.7 Å². The topological polar surface area (TPSA) is 88.3 Å². The van der Waals surface area contributed by atoms with Crippen LogP contribution in [0, 0.1) is 10.1 Å². The molecule has 0 saturated heterocycles. The van der Waals surface area contributed by atoms with Crippen LogP contribution in [0.15, 0.2) is 12.1 Å². The van der Waals surface area contributed by atoms with Crippen LogP contribution in [0.1, 0.15) is 32.1 Å². The predicted molar refractivity (Wildman–Crippen MR) is 72.4 cm³/mol. The molecule has 19 heavy (non-hydrogen) atoms. The Morgan fingerprint density at radius 3 is 2.74 bits per heavy atom. The van der Waals surface area contributed by atoms with Gasteiger partial charge in [0.05, 0.1) is 10.5 Å². The summed E-state index contributed by atoms with van der Waals surface area (Å²) in [5, 5.41) is 24.3. The molecule has 0 amide bonds. The number of nitrogens with zero attached hydrogens (tertiary/aromatic N) is 2. The van der Waals surface area contributed by atoms with Crippen molar-refractivity contribution in [3.8, 4) is 0 Å². The van der Waals surface area contributed by atoms with E-state index >= 15 is 0 Å². The Balaban J connectivity index is 2.10. The number of anilines is 1. The molecule has 0 bridgehead atoms. The highest BCUT2D eigenvalue weighted by atomic mass is 35.5. The third kappa shape index (κ3) is 3.54. The van der Waals surface area contributed by atoms with Crippen LogP contribution in [0.2, 0.25) is 5.15 Å². The molecule has 2 N–H and O–H groups in total. The number of hydrogen-bond acceptors (Lipinski definition) is 5. The largest absolute Gasteiger partial charge is 0.388 e. The molecule has 0 aliphatic heterocycles. The van der Waals surface area contributed by atoms with Crippen molar-refractivity contribution in [3.63, 3.8) is 0 Å². The predicted octanol–water partition coefficient (Wildman–Crippen LogP) is 2.75. The molecule has 1 aliphatic rings. The van der Waals surface area contributed by atoms with Crippen LogP contribution in [-0.4, -0.2) is 27.2 Å². The van der Waals surface area contributed by atoms with E-state index in [2.05, 4.69) is 10.3 Å². The van der Waals surface area contributed by atoms with Gasteiger partial charge in [0.1, 0.15) is 5.15 Å². The molecule has 6 nitrogen and oxygen atoms in total. The normalized spacial score (nSPS) is 18.0. The van der Waals surface area contributed by atoms with Gasteiger partial charge in [0.2, 0.25) is 5.82 Å². The summed E-state index contributed by atoms with van der Waals surface area (Å²) in [7, 11) is 0. The summed E-state index contributed by atoms with van der Waals surface area (Å²) in [6.45, 7) is 0.251. The molecule has 7 heteroatoms. The number of rotatable bonds is 4. The number of pyridine rings is 1. The first-order chi connectivity index (χ1) is 9.00. The van der Waals surface area contributed by atoms with E-state index in [-0.39, 0.29) is 23.2 Å². The third-order valence-electron chi connectivity index (χ3n) is 3.41. The van der Waals surface area contributed by atoms with Crippen LogP contribution in [0.3, 0.4) is 0 Å². The van der Waals surface area contributed by atoms with Gasteiger partial charge in [0.25, 0.3) is 0 Å². The van der Waals surface area contributed by atoms with Gasteiger partial charge in [0, 0.05) is 12.6 Å². The monoisotopic (exact) mass is 285 g/mol. The second-order valence-corrected chi connectivity index (χ2v) is 5.28. The summed E-state index contributed by atoms with van der Waals surface area (Å²) < 4.78 is 0. The van der Waals surface area contributed by atoms with Gasteiger partial charge in [0.15, 0.2) is 0 Å². The summed E-state index contributed by atoms with van der Waals surface area (Å²) in [6, 6.07) is 2.68. The Bertz CT molecular complexity index is 475. The van der Waals surface area contributed by atoms with Gasteiger partial charge in [-0.2, -0.15) is 0 Å². The molecule has 0 unspecified atom stereocenters. The minimum Gasteiger partial charge on any atom is -0.388 e. The second kappa shape index (κ2) is 5.71. The molecule has 104 valence electrons. The lowest BCUT2D eigenvalue weighted by molar-refractivity contribution is -0.384. The van der Waals surface area contributed by atoms with Crippen molar-refractivity contribution in [1.29, 1.82) is 0 Å². The Kier molecular flexibility index (Phi) is 4.21. The van der Waals surface area contributed by atoms with Gasteiger partial charge in [-0.1, -0.05) is 30.9 Å². The van der Waals surface area contributed by atoms with E-state index in [0.29, 0.717) is 12.8 Å². The smallest absolute Gasteiger partial charge is 0.311 e. The lowest BCUT2D eigenvalue weighted by Crippen LogP contribution is -2.39. The highest BCUT2D eigenvalue weighted by Crippen LogP contribution is 2.30. The zero-order chi connectivity index (χ0) is 13.9. The van der Waals surface area contributed by atoms with Crippen LogP contribution in [-0.2, 0) is 0 Å². The maximum Gasteiger partial charge on any atom is 0.311 e. The van der Waals surface area contributed by atoms with Crippen molar-refractivity contribution in [2.75, 3.05) is 11.9 Å². The minimum absolute atomic E-state index is 0.108. The van der Waals surface area contributed by atoms with E-state index in [1.807, 2.05) is 0 Å². The van der Waals surface area contributed by atoms with Crippen molar-refractivity contribution >= 4 is 23.1 Å². The number of nitro groups is 1. The zero-order valence-electron chi connectivity index (χ0n) is 10.4. The van der Waals surface area contributed by atoms with Crippen LogP contribution in [0.25, 0.3) is 0 Å². The fourth-order valence-electron chi connectivity index (χ4n) is 2.34. The number of halogens is 1. The molecule has 1 aliphatic carbocycles. The molecule has 0 radical (unpaired) electrons. The Morgan fingerprint density at radius 2 is 2.11 bits per heavy atom. The maximum absolute atomic E-state index is 10.9. The molecular formula is C12H16ClN3O3. The van der Waals surface area contributed by atoms with Gasteiger partial charge in [-0.25, -0.2) is 4.98 Å². The fourth-order valence-corrected chi connectivity index (χ4v) is 2.49. The molecule has 1 heterocycles. The zero-order valence-corrected chi connectivity index (χ0v) is 11.2. The molecule has 0 spiro atoms. The van der Waals surface area contributed by atoms with E-state index < -0.39 is 10.5 Å². The first-order valence-corrected chi connectivity index (χ1v) is 6.65. The highest BCUT2D eigenvalue weighted by Gasteiger charge is 2.30. The quantitative estimate of drug-likeness (QED) is 0.504. The summed E-state index contributed by atoms with van der Waals surface area (Å²) in [5.74, 6) is 0.108. The summed E-state index contributed by atoms with van der Waals surface area (Å²) in [4.78, 5) is 14.3. The van der Waals surface area contributed by atoms with E-state index in [4.69, 9.17) is 11.6 Å². The number of hydrogen-bond donors (Lipinski definition) is 2. The molecular weight excluding hydrogens is 270 g/mol. The highest BCUT2D eigenvalue weighted by molar-refractivity contribution is 6.29. The first kappa shape index (κ1) is 14.0. The number of nitrogens with one attached hydrogen (secondary N) is 1. The molecule has 1 aromatic rings. The molecule has 1 saturated carbocycles. The molecule has 2 rings (SSSR count). The first-order valence-electron chi connectivity index (χ1n) is 6.27. The van der Waals surface area contributed by atoms with Crippen LogP contribution >= 0.6 is 11.6 Å². The molecule has 1 fully saturated rings. The summed E-state index contributed by atoms with van der Waals surface area (Å²) in [6.07, 6.45) is 4.48. The van der Waals surface area contributed by atoms with Gasteiger partial charge in [-0.15, -0.1) is 0 Å². The summed E-state index contributed by atoms with van der Waals surface area (Å²) in [5.41, 5.74) is -0.945. The average Bonchev–Trinajstić information content (AvgIpc) is 2.37. The van der Waals surface area contributed by atoms with Gasteiger partial charge < -0.3 is 10.4 Å². The fraction of sp³-hybridized carbons (Fsp3) is 0.583. The van der Waals surface area contributed by atoms with Crippen LogP contribution in [0.5, 0.6) is 0 Å². The number of aromatic nitrogens is 1. The van der Waals surface area contributed by atoms with Crippen molar-refractivity contribution < 1.29 is 10.0 Å². The minimum atomic E-state index is -0.809. The Morgan fingerprint density at radius 1 is 1.42 bits per heavy atom. The maximum atomic E-state index is 10.9. The van der Waals surface area contributed by atoms with Crippen LogP contribution in [0.4, 0.5) is 11.5 Å². The molecule has 0 aromatic carbocycles. The number of aliphatic hydroxyl groups is 1. The summed E-state index contributed by atoms with van der Waals surface area (Å²) >= 11 is 5.74. The lowest BCUT2D eigenvalue weighted by atomic mass is 9.85. The van der Waals surface area contributed by atoms with E-state index in [1.54, 1.807) is 0 Å². The van der Waals surface area contributed by atoms with Gasteiger partial charge in [-0.3, -0.25) is 10.1 Å². The third-order valence-corrected chi connectivity index (χ3v) is 3.62. The molecule has 1 aromatic heterocycles. The van der Waals surface area contributed by atoms with E-state index in [0.717, 1.165) is 19.3 Å². The Labute approximate surface area is 116 Å². The lowest BCUT2D eigenvalue weighted by Gasteiger charge is -2.32. The Hall–Kier alpha value is -1.40. The SMILES string of the molecule is O=[N+]([O-])c1ccc(Cl)nc1NCC1(O)CCCCC1. The van der Waals surface area contributed by atoms with E-state index in [1.165, 1.54) is 12.1 Å². The van der Waals surface area contributed by atoms with Gasteiger partial charge >= 0.3 is 5.69 Å². The standard InChI is InChI=1S/C12H16ClN3O3/c13-10-5-4-9(16(18)19)11(15-10)14-8-12(17)6-2-1-3-7-12/h4-5,17H,1-3,6-8H2,(H,14,15). The van der Waals surface area contributed by atoms with Crippen molar-refractivity contribution in [2.24, 2.45) is 0 Å². The van der Waals surface area contributed by atoms with Crippen LogP contribution < -0.4 is 5.32 Å². The van der Waals surface area contributed by atoms with Crippen molar-refractivity contribution in [3.05, 3.63) is 27.4 Å². The molecule has 0 atom stereocenters. The average molecular weight is 286 g/mol. The van der Waals surface area contributed by atoms with Crippen molar-refractivity contribution in [1.82, 2.24) is 4.98 Å². The second-order valence-electron chi connectivity index (χ2n) is 4.90. The van der Waals surface area contributed by atoms with Gasteiger partial charge in [-0.05, 0) is 18.9 Å². The van der Waals surface area contributed by atoms with E-state index in [9.17, 15) is 15.2 Å².